The number of anilines is 2. The van der Waals surface area contributed by atoms with E-state index in [4.69, 9.17) is 9.47 Å². The van der Waals surface area contributed by atoms with Crippen LogP contribution in [0.3, 0.4) is 0 Å². The topological polar surface area (TPSA) is 110 Å². The highest BCUT2D eigenvalue weighted by molar-refractivity contribution is 6.91. The molecule has 1 aromatic heterocycles. The van der Waals surface area contributed by atoms with Gasteiger partial charge in [-0.1, -0.05) is 103 Å². The smallest absolute Gasteiger partial charge is 0.264 e. The molecule has 272 valence electrons. The van der Waals surface area contributed by atoms with E-state index in [1.165, 1.54) is 5.19 Å². The molecule has 2 fully saturated rings. The van der Waals surface area contributed by atoms with Gasteiger partial charge in [0.25, 0.3) is 5.91 Å². The molecule has 5 atom stereocenters. The largest absolute Gasteiger partial charge is 0.497 e. The number of β-lactam (4-membered cyclic amide) rings is 1. The Hall–Kier alpha value is -5.10. The van der Waals surface area contributed by atoms with E-state index in [-0.39, 0.29) is 29.4 Å². The molecule has 5 aromatic rings. The molecule has 0 aliphatic carbocycles. The highest BCUT2D eigenvalue weighted by Crippen LogP contribution is 2.60. The molecule has 11 heteroatoms. The van der Waals surface area contributed by atoms with Crippen LogP contribution in [0.2, 0.25) is 18.6 Å². The van der Waals surface area contributed by atoms with Crippen molar-refractivity contribution in [3.05, 3.63) is 132 Å². The number of aryl methyl sites for hydroxylation is 1. The van der Waals surface area contributed by atoms with Crippen molar-refractivity contribution >= 4 is 36.4 Å². The zero-order chi connectivity index (χ0) is 36.9. The molecular formula is C42H45N5O5Si. The van der Waals surface area contributed by atoms with Crippen LogP contribution in [0.15, 0.2) is 109 Å². The standard InChI is InChI=1S/C42H45N5O5Si/c1-28-40(53(3,4)33-18-16-32(51-2)17-19-33)37(21-23-45-27-35(43-44-45)39(49)30-13-9-6-10-14-30)52-42(28)34-25-31(46-24-22-38(46)48)15-20-36(34)47(41(42)50)26-29-11-7-5-8-12-29/h5-20,25,27-28,37,39-40,49H,21-24,26H2,1-4H3/t28-,37+,39-,40-,42+/m1/s1. The maximum absolute atomic E-state index is 15.2. The lowest BCUT2D eigenvalue weighted by Gasteiger charge is -2.37. The molecule has 3 aliphatic heterocycles. The molecular weight excluding hydrogens is 683 g/mol. The summed E-state index contributed by atoms with van der Waals surface area (Å²) < 4.78 is 14.6. The second-order valence-corrected chi connectivity index (χ2v) is 19.7. The fourth-order valence-corrected chi connectivity index (χ4v) is 12.9. The number of benzene rings is 4. The van der Waals surface area contributed by atoms with E-state index < -0.39 is 19.8 Å². The minimum atomic E-state index is -2.39. The summed E-state index contributed by atoms with van der Waals surface area (Å²) >= 11 is 0. The van der Waals surface area contributed by atoms with E-state index >= 15 is 4.79 Å². The van der Waals surface area contributed by atoms with E-state index in [0.29, 0.717) is 38.2 Å². The molecule has 1 spiro atoms. The number of carbonyl (C=O) groups is 2. The number of carbonyl (C=O) groups excluding carboxylic acids is 2. The molecule has 1 N–H and O–H groups in total. The molecule has 0 radical (unpaired) electrons. The molecule has 4 aromatic carbocycles. The molecule has 53 heavy (non-hydrogen) atoms. The first-order valence-corrected chi connectivity index (χ1v) is 21.5. The van der Waals surface area contributed by atoms with Crippen LogP contribution in [0, 0.1) is 5.92 Å². The monoisotopic (exact) mass is 727 g/mol. The summed E-state index contributed by atoms with van der Waals surface area (Å²) in [6, 6.07) is 33.8. The molecule has 0 bridgehead atoms. The lowest BCUT2D eigenvalue weighted by molar-refractivity contribution is -0.146. The fraction of sp³-hybridized carbons (Fsp3) is 0.333. The third-order valence-electron chi connectivity index (χ3n) is 11.8. The van der Waals surface area contributed by atoms with Crippen molar-refractivity contribution in [2.75, 3.05) is 23.5 Å². The van der Waals surface area contributed by atoms with E-state index in [9.17, 15) is 9.90 Å². The Morgan fingerprint density at radius 3 is 2.36 bits per heavy atom. The van der Waals surface area contributed by atoms with Gasteiger partial charge in [0.1, 0.15) is 17.5 Å². The van der Waals surface area contributed by atoms with Crippen LogP contribution in [-0.4, -0.2) is 59.7 Å². The van der Waals surface area contributed by atoms with E-state index in [2.05, 4.69) is 42.5 Å². The summed E-state index contributed by atoms with van der Waals surface area (Å²) in [5.74, 6) is 0.610. The Bertz CT molecular complexity index is 2120. The van der Waals surface area contributed by atoms with Gasteiger partial charge < -0.3 is 24.4 Å². The normalized spacial score (nSPS) is 23.0. The lowest BCUT2D eigenvalue weighted by Crippen LogP contribution is -2.51. The van der Waals surface area contributed by atoms with Crippen LogP contribution in [0.5, 0.6) is 5.75 Å². The highest BCUT2D eigenvalue weighted by Gasteiger charge is 2.66. The molecule has 2 saturated heterocycles. The first-order valence-electron chi connectivity index (χ1n) is 18.4. The summed E-state index contributed by atoms with van der Waals surface area (Å²) in [7, 11) is -0.715. The zero-order valence-corrected chi connectivity index (χ0v) is 31.6. The Kier molecular flexibility index (Phi) is 9.04. The van der Waals surface area contributed by atoms with Gasteiger partial charge in [-0.3, -0.25) is 14.3 Å². The minimum Gasteiger partial charge on any atom is -0.497 e. The van der Waals surface area contributed by atoms with Crippen molar-refractivity contribution in [1.82, 2.24) is 15.0 Å². The fourth-order valence-electron chi connectivity index (χ4n) is 8.86. The average molecular weight is 728 g/mol. The van der Waals surface area contributed by atoms with Crippen LogP contribution >= 0.6 is 0 Å². The SMILES string of the molecule is COc1ccc([Si](C)(C)[C@H]2[C@H](CCn3cc([C@H](O)c4ccccc4)nn3)O[C@@]3(C(=O)N(Cc4ccccc4)c4ccc(N5CCC5=O)cc43)[C@@H]2C)cc1. The van der Waals surface area contributed by atoms with Gasteiger partial charge in [-0.15, -0.1) is 5.10 Å². The summed E-state index contributed by atoms with van der Waals surface area (Å²) in [6.07, 6.45) is 1.70. The number of amides is 2. The second kappa shape index (κ2) is 13.7. The Morgan fingerprint density at radius 2 is 1.70 bits per heavy atom. The van der Waals surface area contributed by atoms with Gasteiger partial charge in [0.2, 0.25) is 5.91 Å². The highest BCUT2D eigenvalue weighted by atomic mass is 28.3. The molecule has 0 saturated carbocycles. The third-order valence-corrected chi connectivity index (χ3v) is 16.1. The average Bonchev–Trinajstić information content (AvgIpc) is 3.84. The first-order chi connectivity index (χ1) is 25.6. The first kappa shape index (κ1) is 35.0. The van der Waals surface area contributed by atoms with Gasteiger partial charge in [-0.25, -0.2) is 0 Å². The van der Waals surface area contributed by atoms with Crippen LogP contribution in [0.4, 0.5) is 11.4 Å². The Balaban J connectivity index is 1.19. The maximum atomic E-state index is 15.2. The van der Waals surface area contributed by atoms with Crippen molar-refractivity contribution in [1.29, 1.82) is 0 Å². The summed E-state index contributed by atoms with van der Waals surface area (Å²) in [4.78, 5) is 31.5. The molecule has 0 unspecified atom stereocenters. The molecule has 8 rings (SSSR count). The van der Waals surface area contributed by atoms with Crippen LogP contribution in [-0.2, 0) is 33.0 Å². The zero-order valence-electron chi connectivity index (χ0n) is 30.6. The lowest BCUT2D eigenvalue weighted by atomic mass is 9.82. The van der Waals surface area contributed by atoms with Crippen molar-refractivity contribution in [2.45, 2.75) is 69.3 Å². The predicted octanol–water partition coefficient (Wildman–Crippen LogP) is 5.96. The van der Waals surface area contributed by atoms with Crippen LogP contribution in [0.25, 0.3) is 0 Å². The van der Waals surface area contributed by atoms with Gasteiger partial charge in [0.15, 0.2) is 5.60 Å². The second-order valence-electron chi connectivity index (χ2n) is 15.0. The number of fused-ring (bicyclic) bond motifs is 2. The van der Waals surface area contributed by atoms with Gasteiger partial charge in [0.05, 0.1) is 39.7 Å². The van der Waals surface area contributed by atoms with Crippen molar-refractivity contribution < 1.29 is 24.2 Å². The van der Waals surface area contributed by atoms with Crippen LogP contribution < -0.4 is 19.7 Å². The molecule has 10 nitrogen and oxygen atoms in total. The molecule has 2 amide bonds. The number of ether oxygens (including phenoxy) is 2. The molecule has 3 aliphatic rings. The number of methoxy groups -OCH3 is 1. The Labute approximate surface area is 311 Å². The van der Waals surface area contributed by atoms with Crippen molar-refractivity contribution in [2.24, 2.45) is 5.92 Å². The minimum absolute atomic E-state index is 0.0246. The number of aliphatic hydroxyl groups excluding tert-OH is 1. The number of nitrogens with zero attached hydrogens (tertiary/aromatic N) is 5. The van der Waals surface area contributed by atoms with E-state index in [1.807, 2.05) is 95.9 Å². The van der Waals surface area contributed by atoms with Gasteiger partial charge in [-0.2, -0.15) is 0 Å². The number of aliphatic hydroxyl groups is 1. The van der Waals surface area contributed by atoms with Gasteiger partial charge in [0, 0.05) is 36.7 Å². The quantitative estimate of drug-likeness (QED) is 0.132. The van der Waals surface area contributed by atoms with E-state index in [1.54, 1.807) is 22.9 Å². The predicted molar refractivity (Wildman–Crippen MR) is 206 cm³/mol. The molecule has 4 heterocycles. The summed E-state index contributed by atoms with van der Waals surface area (Å²) in [5, 5.41) is 21.0. The number of aromatic nitrogens is 3. The van der Waals surface area contributed by atoms with Gasteiger partial charge in [-0.05, 0) is 53.4 Å². The van der Waals surface area contributed by atoms with Crippen LogP contribution in [0.1, 0.15) is 48.3 Å². The summed E-state index contributed by atoms with van der Waals surface area (Å²) in [5.41, 5.74) is 3.46. The number of hydrogen-bond acceptors (Lipinski definition) is 7. The van der Waals surface area contributed by atoms with Gasteiger partial charge >= 0.3 is 0 Å². The maximum Gasteiger partial charge on any atom is 0.264 e. The summed E-state index contributed by atoms with van der Waals surface area (Å²) in [6.45, 7) is 8.47. The van der Waals surface area contributed by atoms with Crippen molar-refractivity contribution in [3.63, 3.8) is 0 Å². The Morgan fingerprint density at radius 1 is 0.981 bits per heavy atom. The van der Waals surface area contributed by atoms with Crippen molar-refractivity contribution in [3.8, 4) is 5.75 Å². The number of hydrogen-bond donors (Lipinski definition) is 1. The number of rotatable bonds is 11. The third kappa shape index (κ3) is 5.96. The van der Waals surface area contributed by atoms with E-state index in [0.717, 1.165) is 33.8 Å².